The molecule has 0 aliphatic carbocycles. The van der Waals surface area contributed by atoms with Gasteiger partial charge in [-0.3, -0.25) is 19.7 Å². The standard InChI is InChI=1S/C31H38FN7O3/c1-3-7-39-18-26-25(17-27(39)31(42)38-10-8-37(9-11-38)12-13-40)33-30(34-26)29-21-6-5-20(14-24(21)35-36-29)22-16-23(32)28(41)15-19(22)4-2/h5-6,14-16,27,40-41H,3-4,7-13,17-18H2,1-2H3,(H,33,34)(H,35,36). The SMILES string of the molecule is CCCN1Cc2[nH]c(-c3n[nH]c4cc(-c5cc(F)c(O)cc5CC)ccc34)nc2CC1C(=O)N1CCN(CCO)CC1. The van der Waals surface area contributed by atoms with Crippen molar-refractivity contribution in [3.05, 3.63) is 53.1 Å². The molecule has 222 valence electrons. The van der Waals surface area contributed by atoms with Gasteiger partial charge in [-0.05, 0) is 60.3 Å². The van der Waals surface area contributed by atoms with Crippen LogP contribution in [-0.2, 0) is 24.2 Å². The van der Waals surface area contributed by atoms with Crippen LogP contribution < -0.4 is 0 Å². The minimum atomic E-state index is -0.647. The number of nitrogens with one attached hydrogen (secondary N) is 2. The number of H-pyrrole nitrogens is 2. The lowest BCUT2D eigenvalue weighted by atomic mass is 9.96. The zero-order valence-electron chi connectivity index (χ0n) is 24.2. The monoisotopic (exact) mass is 575 g/mol. The molecule has 1 saturated heterocycles. The highest BCUT2D eigenvalue weighted by Crippen LogP contribution is 2.34. The number of β-amino-alcohol motifs (C(OH)–C–C–N with tert-alkyl or cyclic N) is 1. The minimum absolute atomic E-state index is 0.135. The average Bonchev–Trinajstić information content (AvgIpc) is 3.61. The van der Waals surface area contributed by atoms with Crippen LogP contribution in [0.3, 0.4) is 0 Å². The topological polar surface area (TPSA) is 125 Å². The van der Waals surface area contributed by atoms with E-state index < -0.39 is 5.82 Å². The van der Waals surface area contributed by atoms with Gasteiger partial charge in [0.2, 0.25) is 5.91 Å². The lowest BCUT2D eigenvalue weighted by Crippen LogP contribution is -2.56. The Hall–Kier alpha value is -3.80. The third-order valence-corrected chi connectivity index (χ3v) is 8.60. The van der Waals surface area contributed by atoms with Gasteiger partial charge in [-0.1, -0.05) is 19.9 Å². The smallest absolute Gasteiger partial charge is 0.240 e. The Morgan fingerprint density at radius 2 is 1.93 bits per heavy atom. The predicted molar refractivity (Wildman–Crippen MR) is 158 cm³/mol. The third kappa shape index (κ3) is 5.28. The molecule has 4 aromatic rings. The van der Waals surface area contributed by atoms with Crippen molar-refractivity contribution in [3.8, 4) is 28.4 Å². The van der Waals surface area contributed by atoms with Crippen LogP contribution in [-0.4, -0.2) is 103 Å². The van der Waals surface area contributed by atoms with E-state index in [2.05, 4.69) is 31.9 Å². The van der Waals surface area contributed by atoms with E-state index in [1.54, 1.807) is 0 Å². The summed E-state index contributed by atoms with van der Waals surface area (Å²) in [6.07, 6.45) is 2.15. The second-order valence-corrected chi connectivity index (χ2v) is 11.2. The summed E-state index contributed by atoms with van der Waals surface area (Å²) < 4.78 is 14.2. The van der Waals surface area contributed by atoms with Gasteiger partial charge in [-0.15, -0.1) is 0 Å². The molecule has 4 N–H and O–H groups in total. The highest BCUT2D eigenvalue weighted by Gasteiger charge is 2.36. The fourth-order valence-electron chi connectivity index (χ4n) is 6.33. The third-order valence-electron chi connectivity index (χ3n) is 8.60. The number of benzene rings is 2. The van der Waals surface area contributed by atoms with E-state index >= 15 is 0 Å². The van der Waals surface area contributed by atoms with Gasteiger partial charge >= 0.3 is 0 Å². The van der Waals surface area contributed by atoms with Gasteiger partial charge in [0.1, 0.15) is 5.69 Å². The van der Waals surface area contributed by atoms with Gasteiger partial charge in [0.15, 0.2) is 17.4 Å². The maximum absolute atomic E-state index is 14.2. The van der Waals surface area contributed by atoms with E-state index in [9.17, 15) is 19.4 Å². The number of amides is 1. The maximum atomic E-state index is 14.2. The van der Waals surface area contributed by atoms with Gasteiger partial charge in [-0.25, -0.2) is 9.37 Å². The molecule has 1 amide bonds. The first-order valence-corrected chi connectivity index (χ1v) is 14.8. The number of hydrogen-bond donors (Lipinski definition) is 4. The molecule has 0 bridgehead atoms. The summed E-state index contributed by atoms with van der Waals surface area (Å²) in [7, 11) is 0. The largest absolute Gasteiger partial charge is 0.505 e. The molecule has 2 aromatic heterocycles. The summed E-state index contributed by atoms with van der Waals surface area (Å²) in [6, 6.07) is 8.45. The Kier molecular flexibility index (Phi) is 7.98. The molecular formula is C31H38FN7O3. The van der Waals surface area contributed by atoms with Crippen molar-refractivity contribution in [1.82, 2.24) is 34.9 Å². The Balaban J connectivity index is 1.25. The van der Waals surface area contributed by atoms with Crippen molar-refractivity contribution in [2.24, 2.45) is 0 Å². The number of aliphatic hydroxyl groups excluding tert-OH is 1. The van der Waals surface area contributed by atoms with E-state index in [1.807, 2.05) is 30.0 Å². The van der Waals surface area contributed by atoms with Crippen LogP contribution in [0.2, 0.25) is 0 Å². The normalized spacial score (nSPS) is 18.1. The van der Waals surface area contributed by atoms with E-state index in [4.69, 9.17) is 4.98 Å². The van der Waals surface area contributed by atoms with Crippen LogP contribution in [0, 0.1) is 5.82 Å². The summed E-state index contributed by atoms with van der Waals surface area (Å²) in [5.41, 5.74) is 5.84. The Morgan fingerprint density at radius 1 is 1.12 bits per heavy atom. The number of fused-ring (bicyclic) bond motifs is 2. The van der Waals surface area contributed by atoms with Crippen LogP contribution in [0.25, 0.3) is 33.5 Å². The lowest BCUT2D eigenvalue weighted by Gasteiger charge is -2.40. The number of hydrogen-bond acceptors (Lipinski definition) is 7. The number of piperazine rings is 1. The molecule has 2 aliphatic rings. The van der Waals surface area contributed by atoms with Crippen molar-refractivity contribution >= 4 is 16.8 Å². The highest BCUT2D eigenvalue weighted by atomic mass is 19.1. The molecule has 1 unspecified atom stereocenters. The molecule has 42 heavy (non-hydrogen) atoms. The van der Waals surface area contributed by atoms with Crippen molar-refractivity contribution in [2.45, 2.75) is 45.7 Å². The Bertz CT molecular complexity index is 1590. The number of aromatic hydroxyl groups is 1. The molecule has 10 nitrogen and oxygen atoms in total. The first kappa shape index (κ1) is 28.3. The number of phenolic OH excluding ortho intramolecular Hbond substituents is 1. The predicted octanol–water partition coefficient (Wildman–Crippen LogP) is 3.30. The number of phenols is 1. The molecule has 0 spiro atoms. The molecule has 1 atom stereocenters. The summed E-state index contributed by atoms with van der Waals surface area (Å²) in [6.45, 7) is 9.22. The molecule has 1 fully saturated rings. The van der Waals surface area contributed by atoms with E-state index in [-0.39, 0.29) is 24.3 Å². The quantitative estimate of drug-likeness (QED) is 0.254. The van der Waals surface area contributed by atoms with Gasteiger partial charge in [0, 0.05) is 51.1 Å². The molecular weight excluding hydrogens is 537 g/mol. The zero-order valence-corrected chi connectivity index (χ0v) is 24.2. The van der Waals surface area contributed by atoms with Gasteiger partial charge in [0.05, 0.1) is 29.6 Å². The number of aromatic nitrogens is 4. The number of nitrogens with zero attached hydrogens (tertiary/aromatic N) is 5. The van der Waals surface area contributed by atoms with Gasteiger partial charge in [0.25, 0.3) is 0 Å². The second kappa shape index (κ2) is 11.8. The van der Waals surface area contributed by atoms with Gasteiger partial charge < -0.3 is 20.1 Å². The van der Waals surface area contributed by atoms with Crippen LogP contribution in [0.15, 0.2) is 30.3 Å². The Morgan fingerprint density at radius 3 is 2.67 bits per heavy atom. The fourth-order valence-corrected chi connectivity index (χ4v) is 6.33. The minimum Gasteiger partial charge on any atom is -0.505 e. The van der Waals surface area contributed by atoms with Crippen LogP contribution >= 0.6 is 0 Å². The molecule has 0 radical (unpaired) electrons. The summed E-state index contributed by atoms with van der Waals surface area (Å²) in [5.74, 6) is -0.181. The zero-order chi connectivity index (χ0) is 29.4. The molecule has 2 aliphatic heterocycles. The van der Waals surface area contributed by atoms with Crippen molar-refractivity contribution in [2.75, 3.05) is 45.9 Å². The number of aryl methyl sites for hydroxylation is 1. The summed E-state index contributed by atoms with van der Waals surface area (Å²) >= 11 is 0. The molecule has 2 aromatic carbocycles. The maximum Gasteiger partial charge on any atom is 0.240 e. The Labute approximate surface area is 244 Å². The lowest BCUT2D eigenvalue weighted by molar-refractivity contribution is -0.139. The van der Waals surface area contributed by atoms with Crippen molar-refractivity contribution in [3.63, 3.8) is 0 Å². The van der Waals surface area contributed by atoms with Crippen LogP contribution in [0.1, 0.15) is 37.2 Å². The number of aliphatic hydroxyl groups is 1. The number of halogens is 1. The average molecular weight is 576 g/mol. The summed E-state index contributed by atoms with van der Waals surface area (Å²) in [5, 5.41) is 27.6. The first-order valence-electron chi connectivity index (χ1n) is 14.8. The number of rotatable bonds is 8. The van der Waals surface area contributed by atoms with E-state index in [0.29, 0.717) is 50.5 Å². The van der Waals surface area contributed by atoms with E-state index in [0.717, 1.165) is 65.0 Å². The number of aromatic amines is 2. The highest BCUT2D eigenvalue weighted by molar-refractivity contribution is 5.94. The van der Waals surface area contributed by atoms with Crippen molar-refractivity contribution in [1.29, 1.82) is 0 Å². The molecule has 0 saturated carbocycles. The number of carbonyl (C=O) groups excluding carboxylic acids is 1. The molecule has 6 rings (SSSR count). The summed E-state index contributed by atoms with van der Waals surface area (Å²) in [4.78, 5) is 28.5. The first-order chi connectivity index (χ1) is 20.4. The van der Waals surface area contributed by atoms with E-state index in [1.165, 1.54) is 12.1 Å². The van der Waals surface area contributed by atoms with Crippen molar-refractivity contribution < 1.29 is 19.4 Å². The van der Waals surface area contributed by atoms with Crippen LogP contribution in [0.5, 0.6) is 5.75 Å². The molecule has 4 heterocycles. The number of imidazole rings is 1. The second-order valence-electron chi connectivity index (χ2n) is 11.2. The van der Waals surface area contributed by atoms with Gasteiger partial charge in [-0.2, -0.15) is 5.10 Å². The molecule has 11 heteroatoms. The van der Waals surface area contributed by atoms with Crippen LogP contribution in [0.4, 0.5) is 4.39 Å². The fraction of sp³-hybridized carbons (Fsp3) is 0.452. The number of carbonyl (C=O) groups is 1.